The summed E-state index contributed by atoms with van der Waals surface area (Å²) >= 11 is 0. The standard InChI is InChI=1S/C14H21NO2/c1-14(2)10-15(9-8-13(14)16)11-4-6-12(17-3)7-5-11/h4-7,13,16H,8-10H2,1-3H3. The molecule has 1 fully saturated rings. The van der Waals surface area contributed by atoms with Gasteiger partial charge >= 0.3 is 0 Å². The van der Waals surface area contributed by atoms with E-state index in [1.165, 1.54) is 5.69 Å². The molecule has 0 bridgehead atoms. The summed E-state index contributed by atoms with van der Waals surface area (Å²) in [6.45, 7) is 6.04. The molecule has 1 saturated heterocycles. The lowest BCUT2D eigenvalue weighted by atomic mass is 9.81. The zero-order valence-corrected chi connectivity index (χ0v) is 10.8. The van der Waals surface area contributed by atoms with Crippen molar-refractivity contribution in [3.05, 3.63) is 24.3 Å². The van der Waals surface area contributed by atoms with Gasteiger partial charge in [0.15, 0.2) is 0 Å². The third kappa shape index (κ3) is 2.55. The van der Waals surface area contributed by atoms with Crippen LogP contribution in [-0.4, -0.2) is 31.4 Å². The molecule has 17 heavy (non-hydrogen) atoms. The quantitative estimate of drug-likeness (QED) is 0.853. The molecule has 1 aliphatic rings. The van der Waals surface area contributed by atoms with E-state index in [2.05, 4.69) is 30.9 Å². The zero-order chi connectivity index (χ0) is 12.5. The Hall–Kier alpha value is -1.22. The number of piperidine rings is 1. The molecule has 2 rings (SSSR count). The SMILES string of the molecule is COc1ccc(N2CCC(O)C(C)(C)C2)cc1. The van der Waals surface area contributed by atoms with Gasteiger partial charge in [0, 0.05) is 24.2 Å². The maximum absolute atomic E-state index is 9.94. The summed E-state index contributed by atoms with van der Waals surface area (Å²) in [6, 6.07) is 8.11. The number of nitrogens with zero attached hydrogens (tertiary/aromatic N) is 1. The van der Waals surface area contributed by atoms with Crippen LogP contribution in [-0.2, 0) is 0 Å². The number of benzene rings is 1. The molecule has 1 atom stereocenters. The van der Waals surface area contributed by atoms with Crippen LogP contribution < -0.4 is 9.64 Å². The van der Waals surface area contributed by atoms with Crippen molar-refractivity contribution in [2.24, 2.45) is 5.41 Å². The number of aliphatic hydroxyl groups is 1. The summed E-state index contributed by atoms with van der Waals surface area (Å²) in [5.41, 5.74) is 1.16. The van der Waals surface area contributed by atoms with E-state index < -0.39 is 0 Å². The van der Waals surface area contributed by atoms with Crippen LogP contribution in [0.3, 0.4) is 0 Å². The number of methoxy groups -OCH3 is 1. The molecule has 3 nitrogen and oxygen atoms in total. The minimum atomic E-state index is -0.197. The molecule has 0 radical (unpaired) electrons. The molecule has 1 aromatic carbocycles. The van der Waals surface area contributed by atoms with Gasteiger partial charge in [0.1, 0.15) is 5.75 Å². The number of ether oxygens (including phenoxy) is 1. The molecule has 3 heteroatoms. The van der Waals surface area contributed by atoms with Gasteiger partial charge in [-0.25, -0.2) is 0 Å². The average Bonchev–Trinajstić information content (AvgIpc) is 2.33. The van der Waals surface area contributed by atoms with Crippen LogP contribution in [0.4, 0.5) is 5.69 Å². The second-order valence-corrected chi connectivity index (χ2v) is 5.41. The van der Waals surface area contributed by atoms with E-state index in [4.69, 9.17) is 4.74 Å². The van der Waals surface area contributed by atoms with E-state index in [-0.39, 0.29) is 11.5 Å². The number of hydrogen-bond acceptors (Lipinski definition) is 3. The Morgan fingerprint density at radius 2 is 1.94 bits per heavy atom. The molecule has 0 amide bonds. The van der Waals surface area contributed by atoms with Crippen molar-refractivity contribution in [2.75, 3.05) is 25.1 Å². The minimum absolute atomic E-state index is 0.0435. The lowest BCUT2D eigenvalue weighted by Gasteiger charge is -2.43. The largest absolute Gasteiger partial charge is 0.497 e. The smallest absolute Gasteiger partial charge is 0.119 e. The van der Waals surface area contributed by atoms with E-state index in [0.29, 0.717) is 0 Å². The number of aliphatic hydroxyl groups excluding tert-OH is 1. The van der Waals surface area contributed by atoms with Crippen molar-refractivity contribution in [3.8, 4) is 5.75 Å². The number of hydrogen-bond donors (Lipinski definition) is 1. The van der Waals surface area contributed by atoms with E-state index in [1.807, 2.05) is 12.1 Å². The van der Waals surface area contributed by atoms with E-state index in [9.17, 15) is 5.11 Å². The first-order chi connectivity index (χ1) is 8.03. The summed E-state index contributed by atoms with van der Waals surface area (Å²) in [5, 5.41) is 9.94. The van der Waals surface area contributed by atoms with Gasteiger partial charge in [-0.3, -0.25) is 0 Å². The van der Waals surface area contributed by atoms with Crippen LogP contribution >= 0.6 is 0 Å². The molecular formula is C14H21NO2. The Labute approximate surface area is 103 Å². The number of rotatable bonds is 2. The molecule has 1 heterocycles. The molecule has 1 unspecified atom stereocenters. The fraction of sp³-hybridized carbons (Fsp3) is 0.571. The molecule has 1 aliphatic heterocycles. The third-order valence-electron chi connectivity index (χ3n) is 3.61. The molecule has 1 N–H and O–H groups in total. The highest BCUT2D eigenvalue weighted by atomic mass is 16.5. The van der Waals surface area contributed by atoms with Crippen LogP contribution in [0.1, 0.15) is 20.3 Å². The highest BCUT2D eigenvalue weighted by Crippen LogP contribution is 2.32. The molecule has 94 valence electrons. The lowest BCUT2D eigenvalue weighted by Crippen LogP contribution is -2.48. The zero-order valence-electron chi connectivity index (χ0n) is 10.8. The Bertz CT molecular complexity index is 372. The van der Waals surface area contributed by atoms with Crippen LogP contribution in [0.5, 0.6) is 5.75 Å². The van der Waals surface area contributed by atoms with Gasteiger partial charge in [-0.2, -0.15) is 0 Å². The fourth-order valence-electron chi connectivity index (χ4n) is 2.36. The van der Waals surface area contributed by atoms with Gasteiger partial charge in [0.05, 0.1) is 13.2 Å². The highest BCUT2D eigenvalue weighted by molar-refractivity contribution is 5.49. The van der Waals surface area contributed by atoms with E-state index in [1.54, 1.807) is 7.11 Å². The van der Waals surface area contributed by atoms with Gasteiger partial charge in [0.25, 0.3) is 0 Å². The maximum Gasteiger partial charge on any atom is 0.119 e. The monoisotopic (exact) mass is 235 g/mol. The summed E-state index contributed by atoms with van der Waals surface area (Å²) in [7, 11) is 1.68. The molecule has 0 aliphatic carbocycles. The van der Waals surface area contributed by atoms with Crippen molar-refractivity contribution in [1.82, 2.24) is 0 Å². The van der Waals surface area contributed by atoms with Gasteiger partial charge < -0.3 is 14.7 Å². The Morgan fingerprint density at radius 3 is 2.47 bits per heavy atom. The van der Waals surface area contributed by atoms with Crippen molar-refractivity contribution < 1.29 is 9.84 Å². The van der Waals surface area contributed by atoms with Crippen LogP contribution in [0.25, 0.3) is 0 Å². The third-order valence-corrected chi connectivity index (χ3v) is 3.61. The summed E-state index contributed by atoms with van der Waals surface area (Å²) in [6.07, 6.45) is 0.635. The van der Waals surface area contributed by atoms with Crippen molar-refractivity contribution >= 4 is 5.69 Å². The molecule has 0 spiro atoms. The highest BCUT2D eigenvalue weighted by Gasteiger charge is 2.34. The Kier molecular flexibility index (Phi) is 3.29. The summed E-state index contributed by atoms with van der Waals surface area (Å²) in [4.78, 5) is 2.33. The summed E-state index contributed by atoms with van der Waals surface area (Å²) in [5.74, 6) is 0.880. The second-order valence-electron chi connectivity index (χ2n) is 5.41. The fourth-order valence-corrected chi connectivity index (χ4v) is 2.36. The first kappa shape index (κ1) is 12.2. The van der Waals surface area contributed by atoms with E-state index >= 15 is 0 Å². The van der Waals surface area contributed by atoms with Gasteiger partial charge in [0.2, 0.25) is 0 Å². The predicted octanol–water partition coefficient (Wildman–Crippen LogP) is 2.29. The van der Waals surface area contributed by atoms with Crippen molar-refractivity contribution in [1.29, 1.82) is 0 Å². The first-order valence-electron chi connectivity index (χ1n) is 6.10. The maximum atomic E-state index is 9.94. The minimum Gasteiger partial charge on any atom is -0.497 e. The van der Waals surface area contributed by atoms with Crippen LogP contribution in [0.15, 0.2) is 24.3 Å². The molecule has 1 aromatic rings. The molecule has 0 aromatic heterocycles. The molecular weight excluding hydrogens is 214 g/mol. The normalized spacial score (nSPS) is 23.5. The van der Waals surface area contributed by atoms with Crippen molar-refractivity contribution in [2.45, 2.75) is 26.4 Å². The lowest BCUT2D eigenvalue weighted by molar-refractivity contribution is 0.0336. The average molecular weight is 235 g/mol. The first-order valence-corrected chi connectivity index (χ1v) is 6.10. The van der Waals surface area contributed by atoms with Crippen LogP contribution in [0, 0.1) is 5.41 Å². The second kappa shape index (κ2) is 4.57. The Morgan fingerprint density at radius 1 is 1.29 bits per heavy atom. The van der Waals surface area contributed by atoms with Crippen molar-refractivity contribution in [3.63, 3.8) is 0 Å². The number of anilines is 1. The predicted molar refractivity (Wildman–Crippen MR) is 69.6 cm³/mol. The van der Waals surface area contributed by atoms with Gasteiger partial charge in [-0.1, -0.05) is 13.8 Å². The Balaban J connectivity index is 2.12. The summed E-state index contributed by atoms with van der Waals surface area (Å²) < 4.78 is 5.16. The molecule has 0 saturated carbocycles. The van der Waals surface area contributed by atoms with Gasteiger partial charge in [-0.05, 0) is 30.7 Å². The van der Waals surface area contributed by atoms with Gasteiger partial charge in [-0.15, -0.1) is 0 Å². The van der Waals surface area contributed by atoms with Crippen LogP contribution in [0.2, 0.25) is 0 Å². The van der Waals surface area contributed by atoms with E-state index in [0.717, 1.165) is 25.3 Å². The topological polar surface area (TPSA) is 32.7 Å².